The molecule has 2 aromatic heterocycles. The van der Waals surface area contributed by atoms with E-state index in [1.807, 2.05) is 36.9 Å². The van der Waals surface area contributed by atoms with Crippen molar-refractivity contribution in [2.75, 3.05) is 4.90 Å². The van der Waals surface area contributed by atoms with Gasteiger partial charge in [0.05, 0.1) is 0 Å². The van der Waals surface area contributed by atoms with Crippen molar-refractivity contribution < 1.29 is 4.79 Å². The number of amides is 1. The van der Waals surface area contributed by atoms with Crippen LogP contribution in [0.2, 0.25) is 0 Å². The number of hydrogen-bond acceptors (Lipinski definition) is 6. The third-order valence-electron chi connectivity index (χ3n) is 4.10. The van der Waals surface area contributed by atoms with Crippen LogP contribution in [0.25, 0.3) is 11.4 Å². The Morgan fingerprint density at radius 2 is 2.30 bits per heavy atom. The van der Waals surface area contributed by atoms with Crippen molar-refractivity contribution in [3.05, 3.63) is 40.4 Å². The first-order valence-corrected chi connectivity index (χ1v) is 8.04. The van der Waals surface area contributed by atoms with Crippen LogP contribution in [-0.4, -0.2) is 36.9 Å². The van der Waals surface area contributed by atoms with Crippen molar-refractivity contribution in [1.82, 2.24) is 25.0 Å². The number of aromatic nitrogens is 5. The van der Waals surface area contributed by atoms with Crippen molar-refractivity contribution in [3.63, 3.8) is 0 Å². The smallest absolute Gasteiger partial charge is 0.270 e. The van der Waals surface area contributed by atoms with E-state index in [9.17, 15) is 4.79 Å². The van der Waals surface area contributed by atoms with Gasteiger partial charge in [0, 0.05) is 23.5 Å². The molecule has 0 saturated heterocycles. The van der Waals surface area contributed by atoms with Gasteiger partial charge in [-0.05, 0) is 54.2 Å². The van der Waals surface area contributed by atoms with Gasteiger partial charge in [0.1, 0.15) is 4.88 Å². The lowest BCUT2D eigenvalue weighted by Crippen LogP contribution is -2.35. The normalized spacial score (nSPS) is 16.6. The molecule has 0 aliphatic carbocycles. The Labute approximate surface area is 136 Å². The van der Waals surface area contributed by atoms with Crippen LogP contribution < -0.4 is 4.90 Å². The highest BCUT2D eigenvalue weighted by Crippen LogP contribution is 2.39. The van der Waals surface area contributed by atoms with Crippen molar-refractivity contribution in [2.45, 2.75) is 26.3 Å². The number of hydrogen-bond donors (Lipinski definition) is 1. The summed E-state index contributed by atoms with van der Waals surface area (Å²) in [6.07, 6.45) is 2.50. The minimum absolute atomic E-state index is 0.00140. The zero-order valence-electron chi connectivity index (χ0n) is 12.6. The maximum Gasteiger partial charge on any atom is 0.270 e. The molecule has 7 nitrogen and oxygen atoms in total. The molecule has 0 radical (unpaired) electrons. The summed E-state index contributed by atoms with van der Waals surface area (Å²) in [5.41, 5.74) is 3.82. The Hall–Kier alpha value is -2.61. The van der Waals surface area contributed by atoms with E-state index in [1.54, 1.807) is 6.20 Å². The standard InChI is InChI=1S/C15H14N6OS/c1-8-7-16-23-13(8)15(22)21-9(2)6-11-10(4-3-5-12(11)21)14-17-19-20-18-14/h3-5,7,9H,6H2,1-2H3,(H,17,18,19,20). The molecular weight excluding hydrogens is 312 g/mol. The fourth-order valence-electron chi connectivity index (χ4n) is 3.04. The molecule has 3 aromatic rings. The highest BCUT2D eigenvalue weighted by Gasteiger charge is 2.34. The number of rotatable bonds is 2. The van der Waals surface area contributed by atoms with Gasteiger partial charge in [0.2, 0.25) is 5.82 Å². The number of nitrogens with one attached hydrogen (secondary N) is 1. The molecule has 0 spiro atoms. The summed E-state index contributed by atoms with van der Waals surface area (Å²) < 4.78 is 4.12. The SMILES string of the molecule is Cc1cnsc1C(=O)N1c2cccc(-c3nn[nH]n3)c2CC1C. The summed E-state index contributed by atoms with van der Waals surface area (Å²) in [4.78, 5) is 15.5. The maximum absolute atomic E-state index is 12.9. The number of fused-ring (bicyclic) bond motifs is 1. The first-order valence-electron chi connectivity index (χ1n) is 7.27. The van der Waals surface area contributed by atoms with Crippen LogP contribution in [0.4, 0.5) is 5.69 Å². The quantitative estimate of drug-likeness (QED) is 0.780. The molecule has 1 unspecified atom stereocenters. The summed E-state index contributed by atoms with van der Waals surface area (Å²) in [5, 5.41) is 14.2. The highest BCUT2D eigenvalue weighted by molar-refractivity contribution is 7.08. The number of H-pyrrole nitrogens is 1. The summed E-state index contributed by atoms with van der Waals surface area (Å²) in [5.74, 6) is 0.554. The van der Waals surface area contributed by atoms with Crippen LogP contribution in [0.15, 0.2) is 24.4 Å². The lowest BCUT2D eigenvalue weighted by atomic mass is 10.0. The topological polar surface area (TPSA) is 87.7 Å². The first kappa shape index (κ1) is 14.0. The van der Waals surface area contributed by atoms with E-state index in [0.29, 0.717) is 10.7 Å². The van der Waals surface area contributed by atoms with Crippen LogP contribution in [0, 0.1) is 6.92 Å². The van der Waals surface area contributed by atoms with Gasteiger partial charge in [-0.1, -0.05) is 12.1 Å². The summed E-state index contributed by atoms with van der Waals surface area (Å²) >= 11 is 1.24. The molecule has 0 bridgehead atoms. The number of tetrazole rings is 1. The average Bonchev–Trinajstić information content (AvgIpc) is 3.24. The van der Waals surface area contributed by atoms with Crippen molar-refractivity contribution in [2.24, 2.45) is 0 Å². The number of aromatic amines is 1. The Bertz CT molecular complexity index is 872. The van der Waals surface area contributed by atoms with Gasteiger partial charge in [-0.15, -0.1) is 10.2 Å². The lowest BCUT2D eigenvalue weighted by Gasteiger charge is -2.22. The number of anilines is 1. The molecule has 23 heavy (non-hydrogen) atoms. The molecule has 3 heterocycles. The number of benzene rings is 1. The molecule has 4 rings (SSSR count). The second-order valence-corrected chi connectivity index (χ2v) is 6.41. The van der Waals surface area contributed by atoms with E-state index in [0.717, 1.165) is 28.8 Å². The summed E-state index contributed by atoms with van der Waals surface area (Å²) in [6.45, 7) is 3.96. The molecule has 1 N–H and O–H groups in total. The number of nitrogens with zero attached hydrogens (tertiary/aromatic N) is 5. The molecule has 0 fully saturated rings. The van der Waals surface area contributed by atoms with E-state index in [1.165, 1.54) is 11.5 Å². The maximum atomic E-state index is 12.9. The number of carbonyl (C=O) groups excluding carboxylic acids is 1. The predicted molar refractivity (Wildman–Crippen MR) is 86.4 cm³/mol. The van der Waals surface area contributed by atoms with Gasteiger partial charge in [-0.3, -0.25) is 4.79 Å². The Morgan fingerprint density at radius 3 is 3.00 bits per heavy atom. The van der Waals surface area contributed by atoms with Gasteiger partial charge in [0.25, 0.3) is 5.91 Å². The number of carbonyl (C=O) groups is 1. The molecule has 1 aromatic carbocycles. The monoisotopic (exact) mass is 326 g/mol. The van der Waals surface area contributed by atoms with E-state index >= 15 is 0 Å². The Balaban J connectivity index is 1.81. The fourth-order valence-corrected chi connectivity index (χ4v) is 3.73. The van der Waals surface area contributed by atoms with Crippen LogP contribution in [0.1, 0.15) is 27.7 Å². The van der Waals surface area contributed by atoms with E-state index in [-0.39, 0.29) is 11.9 Å². The van der Waals surface area contributed by atoms with Crippen LogP contribution >= 0.6 is 11.5 Å². The van der Waals surface area contributed by atoms with Crippen LogP contribution in [-0.2, 0) is 6.42 Å². The Morgan fingerprint density at radius 1 is 1.43 bits per heavy atom. The Kier molecular flexibility index (Phi) is 3.19. The molecule has 116 valence electrons. The van der Waals surface area contributed by atoms with Crippen molar-refractivity contribution >= 4 is 23.1 Å². The molecule has 0 saturated carbocycles. The summed E-state index contributed by atoms with van der Waals surface area (Å²) in [7, 11) is 0. The molecule has 1 aliphatic heterocycles. The largest absolute Gasteiger partial charge is 0.304 e. The van der Waals surface area contributed by atoms with Crippen LogP contribution in [0.5, 0.6) is 0 Å². The highest BCUT2D eigenvalue weighted by atomic mass is 32.1. The summed E-state index contributed by atoms with van der Waals surface area (Å²) in [6, 6.07) is 5.92. The molecule has 1 aliphatic rings. The molecule has 1 amide bonds. The van der Waals surface area contributed by atoms with Gasteiger partial charge in [-0.2, -0.15) is 5.21 Å². The molecular formula is C15H14N6OS. The van der Waals surface area contributed by atoms with Crippen molar-refractivity contribution in [3.8, 4) is 11.4 Å². The van der Waals surface area contributed by atoms with Crippen molar-refractivity contribution in [1.29, 1.82) is 0 Å². The van der Waals surface area contributed by atoms with E-state index < -0.39 is 0 Å². The third-order valence-corrected chi connectivity index (χ3v) is 4.99. The minimum atomic E-state index is 0.00140. The second-order valence-electron chi connectivity index (χ2n) is 5.60. The average molecular weight is 326 g/mol. The van der Waals surface area contributed by atoms with Gasteiger partial charge >= 0.3 is 0 Å². The van der Waals surface area contributed by atoms with E-state index in [2.05, 4.69) is 25.0 Å². The fraction of sp³-hybridized carbons (Fsp3) is 0.267. The lowest BCUT2D eigenvalue weighted by molar-refractivity contribution is 0.0985. The van der Waals surface area contributed by atoms with Crippen LogP contribution in [0.3, 0.4) is 0 Å². The second kappa shape index (κ2) is 5.24. The zero-order chi connectivity index (χ0) is 16.0. The molecule has 8 heteroatoms. The van der Waals surface area contributed by atoms with Gasteiger partial charge in [-0.25, -0.2) is 4.37 Å². The van der Waals surface area contributed by atoms with E-state index in [4.69, 9.17) is 0 Å². The minimum Gasteiger partial charge on any atom is -0.304 e. The predicted octanol–water partition coefficient (Wildman–Crippen LogP) is 2.22. The zero-order valence-corrected chi connectivity index (χ0v) is 13.5. The molecule has 1 atom stereocenters. The van der Waals surface area contributed by atoms with Gasteiger partial charge in [0.15, 0.2) is 0 Å². The first-order chi connectivity index (χ1) is 11.2. The van der Waals surface area contributed by atoms with Gasteiger partial charge < -0.3 is 4.90 Å². The third kappa shape index (κ3) is 2.14. The number of aryl methyl sites for hydroxylation is 1.